The molecule has 2 N–H and O–H groups in total. The number of nitrogens with one attached hydrogen (secondary N) is 2. The fourth-order valence-electron chi connectivity index (χ4n) is 2.35. The highest BCUT2D eigenvalue weighted by molar-refractivity contribution is 5.79. The van der Waals surface area contributed by atoms with Gasteiger partial charge >= 0.3 is 0 Å². The maximum atomic E-state index is 5.68. The second kappa shape index (κ2) is 11.1. The smallest absolute Gasteiger partial charge is 0.191 e. The normalized spacial score (nSPS) is 11.2. The number of guanidine groups is 1. The van der Waals surface area contributed by atoms with Crippen LogP contribution in [0.2, 0.25) is 0 Å². The molecule has 0 radical (unpaired) electrons. The minimum Gasteiger partial charge on any atom is -0.492 e. The van der Waals surface area contributed by atoms with Crippen molar-refractivity contribution >= 4 is 5.96 Å². The molecule has 0 aliphatic carbocycles. The molecular weight excluding hydrogens is 314 g/mol. The lowest BCUT2D eigenvalue weighted by Crippen LogP contribution is -2.39. The van der Waals surface area contributed by atoms with E-state index >= 15 is 0 Å². The molecule has 25 heavy (non-hydrogen) atoms. The lowest BCUT2D eigenvalue weighted by atomic mass is 10.1. The van der Waals surface area contributed by atoms with Crippen molar-refractivity contribution in [2.75, 3.05) is 26.8 Å². The molecule has 0 aliphatic heterocycles. The second-order valence-electron chi connectivity index (χ2n) is 5.54. The van der Waals surface area contributed by atoms with Gasteiger partial charge in [0, 0.05) is 13.7 Å². The first-order valence-electron chi connectivity index (χ1n) is 8.58. The molecule has 2 rings (SSSR count). The predicted octanol–water partition coefficient (Wildman–Crippen LogP) is 2.97. The van der Waals surface area contributed by atoms with Crippen LogP contribution in [0.1, 0.15) is 18.1 Å². The molecule has 5 nitrogen and oxygen atoms in total. The molecule has 0 aliphatic rings. The van der Waals surface area contributed by atoms with Crippen LogP contribution in [-0.4, -0.2) is 32.8 Å². The summed E-state index contributed by atoms with van der Waals surface area (Å²) in [5.41, 5.74) is 2.32. The lowest BCUT2D eigenvalue weighted by Gasteiger charge is -2.12. The first-order valence-corrected chi connectivity index (χ1v) is 8.58. The Morgan fingerprint density at radius 1 is 1.00 bits per heavy atom. The Labute approximate surface area is 150 Å². The van der Waals surface area contributed by atoms with E-state index in [1.165, 1.54) is 0 Å². The third kappa shape index (κ3) is 7.27. The van der Waals surface area contributed by atoms with Crippen LogP contribution < -0.4 is 15.4 Å². The van der Waals surface area contributed by atoms with Gasteiger partial charge in [0.15, 0.2) is 5.96 Å². The Morgan fingerprint density at radius 3 is 2.56 bits per heavy atom. The van der Waals surface area contributed by atoms with Gasteiger partial charge in [-0.25, -0.2) is 4.99 Å². The molecule has 0 saturated carbocycles. The number of benzene rings is 2. The van der Waals surface area contributed by atoms with E-state index in [-0.39, 0.29) is 0 Å². The minimum absolute atomic E-state index is 0.581. The minimum atomic E-state index is 0.581. The van der Waals surface area contributed by atoms with Crippen molar-refractivity contribution in [2.24, 2.45) is 4.99 Å². The molecule has 2 aromatic carbocycles. The highest BCUT2D eigenvalue weighted by atomic mass is 16.5. The van der Waals surface area contributed by atoms with Crippen LogP contribution in [0.3, 0.4) is 0 Å². The number of aliphatic imine (C=N–C) groups is 1. The Balaban J connectivity index is 1.82. The summed E-state index contributed by atoms with van der Waals surface area (Å²) < 4.78 is 10.9. The van der Waals surface area contributed by atoms with Gasteiger partial charge in [-0.15, -0.1) is 0 Å². The van der Waals surface area contributed by atoms with Gasteiger partial charge in [-0.3, -0.25) is 0 Å². The molecule has 5 heteroatoms. The highest BCUT2D eigenvalue weighted by Crippen LogP contribution is 2.08. The van der Waals surface area contributed by atoms with Crippen LogP contribution in [0.5, 0.6) is 5.75 Å². The summed E-state index contributed by atoms with van der Waals surface area (Å²) in [6.45, 7) is 5.37. The monoisotopic (exact) mass is 341 g/mol. The van der Waals surface area contributed by atoms with E-state index in [0.29, 0.717) is 26.3 Å². The molecule has 2 aromatic rings. The quantitative estimate of drug-likeness (QED) is 0.418. The van der Waals surface area contributed by atoms with Gasteiger partial charge in [0.25, 0.3) is 0 Å². The van der Waals surface area contributed by atoms with Crippen molar-refractivity contribution in [3.05, 3.63) is 65.7 Å². The van der Waals surface area contributed by atoms with Gasteiger partial charge in [-0.2, -0.15) is 0 Å². The van der Waals surface area contributed by atoms with E-state index in [9.17, 15) is 0 Å². The molecule has 0 heterocycles. The summed E-state index contributed by atoms with van der Waals surface area (Å²) in [6, 6.07) is 18.1. The standard InChI is InChI=1S/C20H27N3O2/c1-3-21-20(22-12-13-25-19-10-5-4-6-11-19)23-15-17-8-7-9-18(14-17)16-24-2/h4-11,14H,3,12-13,15-16H2,1-2H3,(H2,21,22,23). The van der Waals surface area contributed by atoms with E-state index in [2.05, 4.69) is 40.7 Å². The fraction of sp³-hybridized carbons (Fsp3) is 0.350. The fourth-order valence-corrected chi connectivity index (χ4v) is 2.35. The van der Waals surface area contributed by atoms with Crippen molar-refractivity contribution < 1.29 is 9.47 Å². The van der Waals surface area contributed by atoms with Crippen LogP contribution in [0.4, 0.5) is 0 Å². The van der Waals surface area contributed by atoms with Crippen LogP contribution in [0.15, 0.2) is 59.6 Å². The third-order valence-electron chi connectivity index (χ3n) is 3.47. The van der Waals surface area contributed by atoms with Gasteiger partial charge in [0.1, 0.15) is 12.4 Å². The number of ether oxygens (including phenoxy) is 2. The van der Waals surface area contributed by atoms with E-state index in [1.807, 2.05) is 36.4 Å². The van der Waals surface area contributed by atoms with Gasteiger partial charge in [0.2, 0.25) is 0 Å². The van der Waals surface area contributed by atoms with Gasteiger partial charge in [0.05, 0.1) is 19.7 Å². The average molecular weight is 341 g/mol. The van der Waals surface area contributed by atoms with Crippen molar-refractivity contribution in [1.29, 1.82) is 0 Å². The molecule has 0 amide bonds. The zero-order valence-corrected chi connectivity index (χ0v) is 15.0. The van der Waals surface area contributed by atoms with Crippen LogP contribution in [0.25, 0.3) is 0 Å². The Kier molecular flexibility index (Phi) is 8.35. The van der Waals surface area contributed by atoms with Gasteiger partial charge in [-0.05, 0) is 30.2 Å². The molecule has 0 spiro atoms. The van der Waals surface area contributed by atoms with Crippen molar-refractivity contribution in [2.45, 2.75) is 20.1 Å². The maximum Gasteiger partial charge on any atom is 0.191 e. The molecule has 134 valence electrons. The lowest BCUT2D eigenvalue weighted by molar-refractivity contribution is 0.185. The molecule has 0 unspecified atom stereocenters. The van der Waals surface area contributed by atoms with Crippen molar-refractivity contribution in [3.8, 4) is 5.75 Å². The third-order valence-corrected chi connectivity index (χ3v) is 3.47. The van der Waals surface area contributed by atoms with E-state index in [1.54, 1.807) is 7.11 Å². The first-order chi connectivity index (χ1) is 12.3. The maximum absolute atomic E-state index is 5.68. The van der Waals surface area contributed by atoms with Gasteiger partial charge < -0.3 is 20.1 Å². The average Bonchev–Trinajstić information content (AvgIpc) is 2.64. The van der Waals surface area contributed by atoms with Crippen LogP contribution in [-0.2, 0) is 17.9 Å². The number of methoxy groups -OCH3 is 1. The number of hydrogen-bond acceptors (Lipinski definition) is 3. The number of rotatable bonds is 9. The topological polar surface area (TPSA) is 54.9 Å². The van der Waals surface area contributed by atoms with E-state index in [4.69, 9.17) is 9.47 Å². The molecule has 0 saturated heterocycles. The summed E-state index contributed by atoms with van der Waals surface area (Å²) in [7, 11) is 1.70. The van der Waals surface area contributed by atoms with Crippen LogP contribution in [0, 0.1) is 0 Å². The highest BCUT2D eigenvalue weighted by Gasteiger charge is 1.99. The summed E-state index contributed by atoms with van der Waals surface area (Å²) in [6.07, 6.45) is 0. The van der Waals surface area contributed by atoms with Crippen molar-refractivity contribution in [1.82, 2.24) is 10.6 Å². The van der Waals surface area contributed by atoms with Crippen LogP contribution >= 0.6 is 0 Å². The first kappa shape index (κ1) is 18.8. The SMILES string of the molecule is CCNC(=NCc1cccc(COC)c1)NCCOc1ccccc1. The molecule has 0 fully saturated rings. The molecule has 0 atom stereocenters. The Bertz CT molecular complexity index is 644. The van der Waals surface area contributed by atoms with Gasteiger partial charge in [-0.1, -0.05) is 42.5 Å². The molecule has 0 bridgehead atoms. The zero-order chi connectivity index (χ0) is 17.7. The molecule has 0 aromatic heterocycles. The Hall–Kier alpha value is -2.53. The zero-order valence-electron chi connectivity index (χ0n) is 15.0. The van der Waals surface area contributed by atoms with Crippen molar-refractivity contribution in [3.63, 3.8) is 0 Å². The predicted molar refractivity (Wildman–Crippen MR) is 102 cm³/mol. The van der Waals surface area contributed by atoms with E-state index < -0.39 is 0 Å². The number of hydrogen-bond donors (Lipinski definition) is 2. The summed E-state index contributed by atoms with van der Waals surface area (Å²) in [5.74, 6) is 1.66. The largest absolute Gasteiger partial charge is 0.492 e. The Morgan fingerprint density at radius 2 is 1.80 bits per heavy atom. The summed E-state index contributed by atoms with van der Waals surface area (Å²) in [5, 5.41) is 6.54. The number of para-hydroxylation sites is 1. The summed E-state index contributed by atoms with van der Waals surface area (Å²) in [4.78, 5) is 4.63. The summed E-state index contributed by atoms with van der Waals surface area (Å²) >= 11 is 0. The second-order valence-corrected chi connectivity index (χ2v) is 5.54. The molecular formula is C20H27N3O2. The number of nitrogens with zero attached hydrogens (tertiary/aromatic N) is 1. The van der Waals surface area contributed by atoms with E-state index in [0.717, 1.165) is 29.4 Å².